The lowest BCUT2D eigenvalue weighted by molar-refractivity contribution is -0.130. The third-order valence-electron chi connectivity index (χ3n) is 2.19. The molecule has 2 heterocycles. The summed E-state index contributed by atoms with van der Waals surface area (Å²) in [5.74, 6) is -0.339. The Bertz CT molecular complexity index is 557. The minimum absolute atomic E-state index is 0.0213. The molecule has 0 spiro atoms. The summed E-state index contributed by atoms with van der Waals surface area (Å²) < 4.78 is 1.73. The standard InChI is InChI=1S/C10H9N3O2/c1-6(10(14)15)8-4-3-5-13-7(2)11-12-9(8)13/h3-5H,1H2,2H3,(H,14,15). The van der Waals surface area contributed by atoms with Gasteiger partial charge in [-0.1, -0.05) is 6.58 Å². The van der Waals surface area contributed by atoms with Crippen LogP contribution in [0.25, 0.3) is 11.2 Å². The van der Waals surface area contributed by atoms with Gasteiger partial charge in [-0.25, -0.2) is 4.79 Å². The Hall–Kier alpha value is -2.17. The zero-order chi connectivity index (χ0) is 11.0. The van der Waals surface area contributed by atoms with Gasteiger partial charge in [0, 0.05) is 11.8 Å². The summed E-state index contributed by atoms with van der Waals surface area (Å²) in [4.78, 5) is 10.8. The summed E-state index contributed by atoms with van der Waals surface area (Å²) in [5, 5.41) is 16.6. The molecule has 0 saturated carbocycles. The topological polar surface area (TPSA) is 67.5 Å². The number of carboxylic acid groups (broad SMARTS) is 1. The van der Waals surface area contributed by atoms with Gasteiger partial charge in [0.15, 0.2) is 5.65 Å². The predicted octanol–water partition coefficient (Wildman–Crippen LogP) is 1.14. The van der Waals surface area contributed by atoms with Crippen molar-refractivity contribution in [2.45, 2.75) is 6.92 Å². The average molecular weight is 203 g/mol. The Kier molecular flexibility index (Phi) is 2.00. The van der Waals surface area contributed by atoms with E-state index in [1.807, 2.05) is 0 Å². The second kappa shape index (κ2) is 3.20. The minimum atomic E-state index is -1.05. The molecule has 2 rings (SSSR count). The molecule has 2 aromatic rings. The van der Waals surface area contributed by atoms with E-state index in [4.69, 9.17) is 5.11 Å². The molecule has 5 heteroatoms. The van der Waals surface area contributed by atoms with Crippen molar-refractivity contribution in [2.75, 3.05) is 0 Å². The normalized spacial score (nSPS) is 10.5. The molecule has 0 unspecified atom stereocenters. The number of rotatable bonds is 2. The number of pyridine rings is 1. The van der Waals surface area contributed by atoms with Gasteiger partial charge in [-0.2, -0.15) is 0 Å². The third kappa shape index (κ3) is 1.38. The summed E-state index contributed by atoms with van der Waals surface area (Å²) in [5.41, 5.74) is 1.03. The molecule has 5 nitrogen and oxygen atoms in total. The highest BCUT2D eigenvalue weighted by Gasteiger charge is 2.13. The van der Waals surface area contributed by atoms with Crippen LogP contribution in [0.3, 0.4) is 0 Å². The second-order valence-corrected chi connectivity index (χ2v) is 3.15. The van der Waals surface area contributed by atoms with Crippen molar-refractivity contribution in [1.82, 2.24) is 14.6 Å². The van der Waals surface area contributed by atoms with Crippen molar-refractivity contribution in [3.63, 3.8) is 0 Å². The molecule has 0 radical (unpaired) electrons. The van der Waals surface area contributed by atoms with Gasteiger partial charge in [-0.05, 0) is 19.1 Å². The van der Waals surface area contributed by atoms with E-state index >= 15 is 0 Å². The lowest BCUT2D eigenvalue weighted by Crippen LogP contribution is -2.00. The van der Waals surface area contributed by atoms with Crippen LogP contribution in [0.2, 0.25) is 0 Å². The fourth-order valence-corrected chi connectivity index (χ4v) is 1.38. The van der Waals surface area contributed by atoms with Gasteiger partial charge in [-0.3, -0.25) is 4.40 Å². The molecule has 0 atom stereocenters. The van der Waals surface area contributed by atoms with Crippen molar-refractivity contribution in [2.24, 2.45) is 0 Å². The first-order chi connectivity index (χ1) is 7.11. The van der Waals surface area contributed by atoms with Gasteiger partial charge in [0.25, 0.3) is 0 Å². The van der Waals surface area contributed by atoms with E-state index in [0.717, 1.165) is 0 Å². The highest BCUT2D eigenvalue weighted by atomic mass is 16.4. The highest BCUT2D eigenvalue weighted by molar-refractivity contribution is 6.16. The number of aliphatic carboxylic acids is 1. The first-order valence-electron chi connectivity index (χ1n) is 4.34. The Morgan fingerprint density at radius 1 is 1.53 bits per heavy atom. The Labute approximate surface area is 85.7 Å². The summed E-state index contributed by atoms with van der Waals surface area (Å²) in [6, 6.07) is 3.41. The number of carbonyl (C=O) groups is 1. The Morgan fingerprint density at radius 2 is 2.27 bits per heavy atom. The summed E-state index contributed by atoms with van der Waals surface area (Å²) in [6.07, 6.45) is 1.78. The molecule has 0 aromatic carbocycles. The van der Waals surface area contributed by atoms with E-state index < -0.39 is 5.97 Å². The van der Waals surface area contributed by atoms with Gasteiger partial charge >= 0.3 is 5.97 Å². The van der Waals surface area contributed by atoms with Crippen LogP contribution in [-0.4, -0.2) is 25.7 Å². The molecule has 0 aliphatic carbocycles. The minimum Gasteiger partial charge on any atom is -0.478 e. The van der Waals surface area contributed by atoms with Crippen LogP contribution in [0.4, 0.5) is 0 Å². The van der Waals surface area contributed by atoms with Gasteiger partial charge < -0.3 is 5.11 Å². The quantitative estimate of drug-likeness (QED) is 0.743. The number of aryl methyl sites for hydroxylation is 1. The number of nitrogens with zero attached hydrogens (tertiary/aromatic N) is 3. The largest absolute Gasteiger partial charge is 0.478 e. The molecular weight excluding hydrogens is 194 g/mol. The number of carboxylic acids is 1. The van der Waals surface area contributed by atoms with E-state index in [-0.39, 0.29) is 5.57 Å². The van der Waals surface area contributed by atoms with Crippen LogP contribution >= 0.6 is 0 Å². The Balaban J connectivity index is 2.71. The van der Waals surface area contributed by atoms with E-state index in [2.05, 4.69) is 16.8 Å². The molecule has 76 valence electrons. The smallest absolute Gasteiger partial charge is 0.335 e. The monoisotopic (exact) mass is 203 g/mol. The van der Waals surface area contributed by atoms with Crippen molar-refractivity contribution < 1.29 is 9.90 Å². The lowest BCUT2D eigenvalue weighted by atomic mass is 10.1. The highest BCUT2D eigenvalue weighted by Crippen LogP contribution is 2.17. The molecule has 0 fully saturated rings. The summed E-state index contributed by atoms with van der Waals surface area (Å²) >= 11 is 0. The van der Waals surface area contributed by atoms with Gasteiger partial charge in [0.05, 0.1) is 5.57 Å². The molecule has 0 amide bonds. The van der Waals surface area contributed by atoms with Gasteiger partial charge in [-0.15, -0.1) is 10.2 Å². The maximum absolute atomic E-state index is 10.8. The molecule has 0 saturated heterocycles. The maximum atomic E-state index is 10.8. The first-order valence-corrected chi connectivity index (χ1v) is 4.34. The van der Waals surface area contributed by atoms with Crippen molar-refractivity contribution in [1.29, 1.82) is 0 Å². The fourth-order valence-electron chi connectivity index (χ4n) is 1.38. The van der Waals surface area contributed by atoms with E-state index in [1.54, 1.807) is 29.7 Å². The number of aromatic nitrogens is 3. The Morgan fingerprint density at radius 3 is 2.93 bits per heavy atom. The van der Waals surface area contributed by atoms with E-state index in [0.29, 0.717) is 17.0 Å². The zero-order valence-electron chi connectivity index (χ0n) is 8.14. The number of hydrogen-bond donors (Lipinski definition) is 1. The molecule has 0 aliphatic heterocycles. The molecule has 2 aromatic heterocycles. The van der Waals surface area contributed by atoms with E-state index in [1.165, 1.54) is 0 Å². The lowest BCUT2D eigenvalue weighted by Gasteiger charge is -2.02. The second-order valence-electron chi connectivity index (χ2n) is 3.15. The van der Waals surface area contributed by atoms with Gasteiger partial charge in [0.1, 0.15) is 5.82 Å². The van der Waals surface area contributed by atoms with E-state index in [9.17, 15) is 4.79 Å². The summed E-state index contributed by atoms with van der Waals surface area (Å²) in [6.45, 7) is 5.30. The van der Waals surface area contributed by atoms with Crippen molar-refractivity contribution in [3.8, 4) is 0 Å². The average Bonchev–Trinajstić information content (AvgIpc) is 2.59. The van der Waals surface area contributed by atoms with Crippen LogP contribution in [0.15, 0.2) is 24.9 Å². The van der Waals surface area contributed by atoms with Crippen LogP contribution in [0.1, 0.15) is 11.4 Å². The molecule has 0 bridgehead atoms. The van der Waals surface area contributed by atoms with Crippen LogP contribution in [-0.2, 0) is 4.79 Å². The number of hydrogen-bond acceptors (Lipinski definition) is 3. The third-order valence-corrected chi connectivity index (χ3v) is 2.19. The van der Waals surface area contributed by atoms with Crippen LogP contribution < -0.4 is 0 Å². The van der Waals surface area contributed by atoms with Gasteiger partial charge in [0.2, 0.25) is 0 Å². The van der Waals surface area contributed by atoms with Crippen molar-refractivity contribution in [3.05, 3.63) is 36.3 Å². The van der Waals surface area contributed by atoms with Crippen LogP contribution in [0, 0.1) is 6.92 Å². The van der Waals surface area contributed by atoms with Crippen LogP contribution in [0.5, 0.6) is 0 Å². The number of fused-ring (bicyclic) bond motifs is 1. The first kappa shape index (κ1) is 9.39. The molecular formula is C10H9N3O2. The van der Waals surface area contributed by atoms with Crippen molar-refractivity contribution >= 4 is 17.2 Å². The molecule has 0 aliphatic rings. The summed E-state index contributed by atoms with van der Waals surface area (Å²) in [7, 11) is 0. The maximum Gasteiger partial charge on any atom is 0.335 e. The predicted molar refractivity (Wildman–Crippen MR) is 54.4 cm³/mol. The molecule has 1 N–H and O–H groups in total. The SMILES string of the molecule is C=C(C(=O)O)c1cccn2c(C)nnc12. The fraction of sp³-hybridized carbons (Fsp3) is 0.100. The zero-order valence-corrected chi connectivity index (χ0v) is 8.14. The molecule has 15 heavy (non-hydrogen) atoms.